The molecular weight excluding hydrogens is 486 g/mol. The maximum Gasteiger partial charge on any atom is 0.207 e. The van der Waals surface area contributed by atoms with Gasteiger partial charge in [-0.25, -0.2) is 0 Å². The number of carbonyl (C=O) groups is 1. The molecule has 2 fully saturated rings. The molecule has 0 aromatic carbocycles. The molecular formula is C32H65N5O2. The smallest absolute Gasteiger partial charge is 0.207 e. The van der Waals surface area contributed by atoms with Gasteiger partial charge in [0.2, 0.25) is 6.41 Å². The largest absolute Gasteiger partial charge is 0.379 e. The average Bonchev–Trinajstić information content (AvgIpc) is 3.22. The van der Waals surface area contributed by atoms with Gasteiger partial charge < -0.3 is 25.5 Å². The van der Waals surface area contributed by atoms with E-state index in [4.69, 9.17) is 0 Å². The lowest BCUT2D eigenvalue weighted by Gasteiger charge is -2.39. The summed E-state index contributed by atoms with van der Waals surface area (Å²) in [7, 11) is 4.04. The van der Waals surface area contributed by atoms with Gasteiger partial charge in [-0.2, -0.15) is 0 Å². The van der Waals surface area contributed by atoms with Gasteiger partial charge >= 0.3 is 0 Å². The quantitative estimate of drug-likeness (QED) is 0.171. The first kappa shape index (κ1) is 39.6. The number of amides is 1. The lowest BCUT2D eigenvalue weighted by Crippen LogP contribution is -2.56. The van der Waals surface area contributed by atoms with Crippen molar-refractivity contribution in [2.45, 2.75) is 118 Å². The molecule has 0 aromatic rings. The van der Waals surface area contributed by atoms with E-state index in [1.54, 1.807) is 6.92 Å². The molecule has 1 amide bonds. The minimum atomic E-state index is -0.583. The first-order valence-corrected chi connectivity index (χ1v) is 15.6. The summed E-state index contributed by atoms with van der Waals surface area (Å²) in [4.78, 5) is 18.3. The zero-order chi connectivity index (χ0) is 29.9. The monoisotopic (exact) mass is 552 g/mol. The third-order valence-electron chi connectivity index (χ3n) is 7.19. The lowest BCUT2D eigenvalue weighted by atomic mass is 9.90. The van der Waals surface area contributed by atoms with Crippen molar-refractivity contribution in [3.63, 3.8) is 0 Å². The van der Waals surface area contributed by atoms with Crippen LogP contribution in [-0.2, 0) is 4.79 Å². The van der Waals surface area contributed by atoms with E-state index in [0.717, 1.165) is 71.4 Å². The second-order valence-electron chi connectivity index (χ2n) is 10.6. The van der Waals surface area contributed by atoms with Crippen molar-refractivity contribution in [2.75, 3.05) is 53.4 Å². The summed E-state index contributed by atoms with van der Waals surface area (Å²) in [6.45, 7) is 18.3. The molecule has 2 aliphatic rings. The van der Waals surface area contributed by atoms with Crippen LogP contribution in [0.15, 0.2) is 12.3 Å². The predicted octanol–water partition coefficient (Wildman–Crippen LogP) is 4.92. The van der Waals surface area contributed by atoms with Crippen LogP contribution >= 0.6 is 0 Å². The number of nitrogens with one attached hydrogen (secondary N) is 2. The van der Waals surface area contributed by atoms with Crippen molar-refractivity contribution in [3.05, 3.63) is 12.3 Å². The Labute approximate surface area is 243 Å². The van der Waals surface area contributed by atoms with Crippen LogP contribution in [0.5, 0.6) is 0 Å². The Morgan fingerprint density at radius 2 is 1.64 bits per heavy atom. The number of terminal acetylenes is 1. The highest BCUT2D eigenvalue weighted by Gasteiger charge is 2.38. The maximum atomic E-state index is 11.3. The van der Waals surface area contributed by atoms with Crippen LogP contribution in [0.1, 0.15) is 99.3 Å². The number of hydrogen-bond donors (Lipinski definition) is 3. The Morgan fingerprint density at radius 3 is 2.10 bits per heavy atom. The van der Waals surface area contributed by atoms with E-state index >= 15 is 0 Å². The van der Waals surface area contributed by atoms with Gasteiger partial charge in [-0.15, -0.1) is 12.3 Å². The first-order valence-electron chi connectivity index (χ1n) is 15.6. The lowest BCUT2D eigenvalue weighted by molar-refractivity contribution is -0.114. The van der Waals surface area contributed by atoms with E-state index in [1.165, 1.54) is 32.1 Å². The highest BCUT2D eigenvalue weighted by Crippen LogP contribution is 2.30. The molecule has 0 spiro atoms. The molecule has 0 bridgehead atoms. The Balaban J connectivity index is 0. The highest BCUT2D eigenvalue weighted by atomic mass is 16.3. The van der Waals surface area contributed by atoms with Gasteiger partial charge in [0.25, 0.3) is 0 Å². The summed E-state index contributed by atoms with van der Waals surface area (Å²) in [5.74, 6) is 2.63. The molecule has 7 heteroatoms. The van der Waals surface area contributed by atoms with Crippen LogP contribution in [0.3, 0.4) is 0 Å². The Bertz CT molecular complexity index is 600. The summed E-state index contributed by atoms with van der Waals surface area (Å²) >= 11 is 0. The van der Waals surface area contributed by atoms with Gasteiger partial charge in [0, 0.05) is 39.3 Å². The molecule has 230 valence electrons. The molecule has 1 saturated carbocycles. The normalized spacial score (nSPS) is 19.3. The van der Waals surface area contributed by atoms with Crippen LogP contribution in [0.4, 0.5) is 0 Å². The molecule has 3 N–H and O–H groups in total. The van der Waals surface area contributed by atoms with Crippen LogP contribution < -0.4 is 10.6 Å². The van der Waals surface area contributed by atoms with E-state index < -0.39 is 6.23 Å². The molecule has 0 aromatic heterocycles. The van der Waals surface area contributed by atoms with Gasteiger partial charge in [-0.1, -0.05) is 65.9 Å². The number of likely N-dealkylation sites (tertiary alicyclic amines) is 1. The molecule has 39 heavy (non-hydrogen) atoms. The first-order chi connectivity index (χ1) is 18.8. The highest BCUT2D eigenvalue weighted by molar-refractivity contribution is 5.47. The van der Waals surface area contributed by atoms with Gasteiger partial charge in [0.1, 0.15) is 6.23 Å². The third kappa shape index (κ3) is 19.2. The fourth-order valence-electron chi connectivity index (χ4n) is 5.13. The summed E-state index contributed by atoms with van der Waals surface area (Å²) in [6, 6.07) is 0.209. The molecule has 3 unspecified atom stereocenters. The molecule has 1 aliphatic heterocycles. The molecule has 1 saturated heterocycles. The van der Waals surface area contributed by atoms with Gasteiger partial charge in [0.05, 0.1) is 6.04 Å². The van der Waals surface area contributed by atoms with E-state index in [-0.39, 0.29) is 6.04 Å². The standard InChI is InChI=1S/C23H44N4O2.C3H9N.C3H8.C3H4/c1-4-14-25(3)16-17-26(5-2)18-21-13-10-15-27(21)23(29)22(24-19-28)20-11-8-6-7-9-12-20;1-3-4-2;2*1-3-2/h4,14,19-23,29H,5-13,15-18H2,1-3H3,(H,24,28);4H,3H2,1-2H3;3H2,1-2H3;1H,2H3/b14-4-;;;. The SMILES string of the molecule is C#CC.C/C=C\N(C)CCN(CC)CC1CCCN1C(O)C(NC=O)C1CCCCCC1.CCC.CCNC. The Kier molecular flexibility index (Phi) is 28.4. The number of rotatable bonds is 13. The van der Waals surface area contributed by atoms with Crippen LogP contribution in [0, 0.1) is 18.3 Å². The number of hydrogen-bond acceptors (Lipinski definition) is 6. The topological polar surface area (TPSA) is 71.1 Å². The fourth-order valence-corrected chi connectivity index (χ4v) is 5.13. The molecule has 3 atom stereocenters. The minimum Gasteiger partial charge on any atom is -0.379 e. The number of nitrogens with zero attached hydrogens (tertiary/aromatic N) is 3. The van der Waals surface area contributed by atoms with E-state index in [2.05, 4.69) is 84.7 Å². The second kappa shape index (κ2) is 28.0. The second-order valence-corrected chi connectivity index (χ2v) is 10.6. The number of carbonyl (C=O) groups excluding carboxylic acids is 1. The molecule has 7 nitrogen and oxygen atoms in total. The molecule has 2 rings (SSSR count). The summed E-state index contributed by atoms with van der Waals surface area (Å²) in [6.07, 6.45) is 19.7. The molecule has 1 aliphatic carbocycles. The summed E-state index contributed by atoms with van der Waals surface area (Å²) < 4.78 is 0. The van der Waals surface area contributed by atoms with Crippen LogP contribution in [-0.4, -0.2) is 97.9 Å². The van der Waals surface area contributed by atoms with Gasteiger partial charge in [-0.05, 0) is 71.8 Å². The van der Waals surface area contributed by atoms with Crippen molar-refractivity contribution in [2.24, 2.45) is 5.92 Å². The Hall–Kier alpha value is -1.59. The van der Waals surface area contributed by atoms with Gasteiger partial charge in [0.15, 0.2) is 0 Å². The van der Waals surface area contributed by atoms with Crippen molar-refractivity contribution in [1.29, 1.82) is 0 Å². The van der Waals surface area contributed by atoms with Crippen molar-refractivity contribution in [3.8, 4) is 12.3 Å². The zero-order valence-electron chi connectivity index (χ0n) is 26.9. The summed E-state index contributed by atoms with van der Waals surface area (Å²) in [5.41, 5.74) is 0. The number of likely N-dealkylation sites (N-methyl/N-ethyl adjacent to an activating group) is 2. The van der Waals surface area contributed by atoms with Crippen molar-refractivity contribution in [1.82, 2.24) is 25.3 Å². The van der Waals surface area contributed by atoms with Crippen LogP contribution in [0.25, 0.3) is 0 Å². The van der Waals surface area contributed by atoms with Gasteiger partial charge in [-0.3, -0.25) is 9.69 Å². The van der Waals surface area contributed by atoms with E-state index in [0.29, 0.717) is 12.0 Å². The number of aliphatic hydroxyl groups excluding tert-OH is 1. The predicted molar refractivity (Wildman–Crippen MR) is 170 cm³/mol. The fraction of sp³-hybridized carbons (Fsp3) is 0.844. The third-order valence-corrected chi connectivity index (χ3v) is 7.19. The number of aliphatic hydroxyl groups is 1. The van der Waals surface area contributed by atoms with Crippen molar-refractivity contribution < 1.29 is 9.90 Å². The summed E-state index contributed by atoms with van der Waals surface area (Å²) in [5, 5.41) is 17.2. The molecule has 1 heterocycles. The maximum absolute atomic E-state index is 11.3. The van der Waals surface area contributed by atoms with E-state index in [9.17, 15) is 9.90 Å². The van der Waals surface area contributed by atoms with Crippen LogP contribution in [0.2, 0.25) is 0 Å². The Morgan fingerprint density at radius 1 is 1.08 bits per heavy atom. The zero-order valence-corrected chi connectivity index (χ0v) is 26.9. The van der Waals surface area contributed by atoms with Crippen molar-refractivity contribution >= 4 is 6.41 Å². The number of allylic oxidation sites excluding steroid dienone is 1. The minimum absolute atomic E-state index is 0.151. The average molecular weight is 552 g/mol. The van der Waals surface area contributed by atoms with E-state index in [1.807, 2.05) is 14.0 Å². The molecule has 0 radical (unpaired) electrons.